The van der Waals surface area contributed by atoms with Crippen LogP contribution >= 0.6 is 23.4 Å². The van der Waals surface area contributed by atoms with Crippen LogP contribution in [0, 0.1) is 0 Å². The molecule has 0 unspecified atom stereocenters. The SMILES string of the molecule is O=C(CSc1ncc(C(F)(F)F)cc1Cl)Nc1ccccc1C(=O)NC1CC1. The summed E-state index contributed by atoms with van der Waals surface area (Å²) < 4.78 is 37.9. The van der Waals surface area contributed by atoms with Gasteiger partial charge in [0.15, 0.2) is 0 Å². The average molecular weight is 430 g/mol. The molecule has 1 aliphatic rings. The van der Waals surface area contributed by atoms with E-state index in [1.807, 2.05) is 0 Å². The van der Waals surface area contributed by atoms with Crippen LogP contribution in [-0.2, 0) is 11.0 Å². The van der Waals surface area contributed by atoms with Gasteiger partial charge in [-0.2, -0.15) is 13.2 Å². The molecule has 1 saturated carbocycles. The Morgan fingerprint density at radius 2 is 1.96 bits per heavy atom. The Hall–Kier alpha value is -2.26. The number of alkyl halides is 3. The van der Waals surface area contributed by atoms with Crippen molar-refractivity contribution < 1.29 is 22.8 Å². The van der Waals surface area contributed by atoms with E-state index in [2.05, 4.69) is 15.6 Å². The fourth-order valence-electron chi connectivity index (χ4n) is 2.29. The lowest BCUT2D eigenvalue weighted by molar-refractivity contribution is -0.137. The number of pyridine rings is 1. The van der Waals surface area contributed by atoms with Crippen LogP contribution in [-0.4, -0.2) is 28.6 Å². The van der Waals surface area contributed by atoms with Crippen molar-refractivity contribution in [3.8, 4) is 0 Å². The molecule has 0 atom stereocenters. The highest BCUT2D eigenvalue weighted by Crippen LogP contribution is 2.33. The van der Waals surface area contributed by atoms with Crippen molar-refractivity contribution >= 4 is 40.9 Å². The Kier molecular flexibility index (Phi) is 6.14. The van der Waals surface area contributed by atoms with Crippen LogP contribution in [0.25, 0.3) is 0 Å². The number of nitrogens with one attached hydrogen (secondary N) is 2. The number of anilines is 1. The lowest BCUT2D eigenvalue weighted by Gasteiger charge is -2.11. The minimum Gasteiger partial charge on any atom is -0.349 e. The second kappa shape index (κ2) is 8.40. The normalized spacial score (nSPS) is 13.9. The molecule has 2 N–H and O–H groups in total. The summed E-state index contributed by atoms with van der Waals surface area (Å²) in [4.78, 5) is 28.1. The van der Waals surface area contributed by atoms with Crippen LogP contribution in [0.4, 0.5) is 18.9 Å². The third-order valence-corrected chi connectivity index (χ3v) is 5.24. The molecule has 1 heterocycles. The molecule has 10 heteroatoms. The van der Waals surface area contributed by atoms with E-state index in [9.17, 15) is 22.8 Å². The van der Waals surface area contributed by atoms with Gasteiger partial charge in [0.05, 0.1) is 27.6 Å². The number of hydrogen-bond acceptors (Lipinski definition) is 4. The Morgan fingerprint density at radius 3 is 2.61 bits per heavy atom. The molecule has 1 fully saturated rings. The maximum atomic E-state index is 12.6. The number of carbonyl (C=O) groups is 2. The molecule has 0 aliphatic heterocycles. The van der Waals surface area contributed by atoms with Crippen LogP contribution in [0.15, 0.2) is 41.6 Å². The molecule has 1 aromatic heterocycles. The third kappa shape index (κ3) is 5.39. The van der Waals surface area contributed by atoms with Gasteiger partial charge in [0, 0.05) is 12.2 Å². The van der Waals surface area contributed by atoms with Gasteiger partial charge >= 0.3 is 6.18 Å². The largest absolute Gasteiger partial charge is 0.417 e. The molecule has 3 rings (SSSR count). The summed E-state index contributed by atoms with van der Waals surface area (Å²) in [5, 5.41) is 5.42. The topological polar surface area (TPSA) is 71.1 Å². The quantitative estimate of drug-likeness (QED) is 0.669. The zero-order valence-electron chi connectivity index (χ0n) is 14.3. The number of amides is 2. The lowest BCUT2D eigenvalue weighted by Crippen LogP contribution is -2.27. The van der Waals surface area contributed by atoms with E-state index in [1.165, 1.54) is 0 Å². The smallest absolute Gasteiger partial charge is 0.349 e. The number of hydrogen-bond donors (Lipinski definition) is 2. The van der Waals surface area contributed by atoms with Gasteiger partial charge in [0.1, 0.15) is 5.03 Å². The highest BCUT2D eigenvalue weighted by Gasteiger charge is 2.31. The van der Waals surface area contributed by atoms with Crippen LogP contribution in [0.5, 0.6) is 0 Å². The predicted octanol–water partition coefficient (Wildman–Crippen LogP) is 4.38. The molecule has 2 amide bonds. The Bertz CT molecular complexity index is 904. The van der Waals surface area contributed by atoms with Crippen molar-refractivity contribution in [2.75, 3.05) is 11.1 Å². The van der Waals surface area contributed by atoms with Crippen LogP contribution in [0.3, 0.4) is 0 Å². The van der Waals surface area contributed by atoms with E-state index in [1.54, 1.807) is 24.3 Å². The number of carbonyl (C=O) groups excluding carboxylic acids is 2. The van der Waals surface area contributed by atoms with Crippen molar-refractivity contribution in [2.24, 2.45) is 0 Å². The summed E-state index contributed by atoms with van der Waals surface area (Å²) in [7, 11) is 0. The van der Waals surface area contributed by atoms with Crippen molar-refractivity contribution in [2.45, 2.75) is 30.1 Å². The van der Waals surface area contributed by atoms with E-state index in [-0.39, 0.29) is 27.8 Å². The molecule has 148 valence electrons. The average Bonchev–Trinajstić information content (AvgIpc) is 3.44. The Balaban J connectivity index is 1.61. The number of aromatic nitrogens is 1. The van der Waals surface area contributed by atoms with E-state index in [0.717, 1.165) is 30.7 Å². The third-order valence-electron chi connectivity index (χ3n) is 3.83. The second-order valence-corrected chi connectivity index (χ2v) is 7.51. The molecular formula is C18H15ClF3N3O2S. The van der Waals surface area contributed by atoms with Gasteiger partial charge in [-0.3, -0.25) is 9.59 Å². The molecule has 0 saturated heterocycles. The van der Waals surface area contributed by atoms with Gasteiger partial charge in [-0.1, -0.05) is 35.5 Å². The molecule has 0 bridgehead atoms. The number of para-hydroxylation sites is 1. The zero-order valence-corrected chi connectivity index (χ0v) is 15.9. The van der Waals surface area contributed by atoms with Crippen LogP contribution in [0.2, 0.25) is 5.02 Å². The van der Waals surface area contributed by atoms with Gasteiger partial charge in [-0.25, -0.2) is 4.98 Å². The van der Waals surface area contributed by atoms with E-state index >= 15 is 0 Å². The standard InChI is InChI=1S/C18H15ClF3N3O2S/c19-13-7-10(18(20,21)22)8-23-17(13)28-9-15(26)25-14-4-2-1-3-12(14)16(27)24-11-5-6-11/h1-4,7-8,11H,5-6,9H2,(H,24,27)(H,25,26). The number of thioether (sulfide) groups is 1. The first-order valence-corrected chi connectivity index (χ1v) is 9.65. The van der Waals surface area contributed by atoms with Crippen LogP contribution in [0.1, 0.15) is 28.8 Å². The summed E-state index contributed by atoms with van der Waals surface area (Å²) in [6.07, 6.45) is -1.98. The molecular weight excluding hydrogens is 415 g/mol. The maximum Gasteiger partial charge on any atom is 0.417 e. The van der Waals surface area contributed by atoms with Crippen molar-refractivity contribution in [1.82, 2.24) is 10.3 Å². The molecule has 28 heavy (non-hydrogen) atoms. The molecule has 1 aromatic carbocycles. The van der Waals surface area contributed by atoms with Gasteiger partial charge in [-0.05, 0) is 31.0 Å². The van der Waals surface area contributed by atoms with Gasteiger partial charge in [0.2, 0.25) is 5.91 Å². The first kappa shape index (κ1) is 20.5. The summed E-state index contributed by atoms with van der Waals surface area (Å²) in [5.74, 6) is -0.829. The van der Waals surface area contributed by atoms with Gasteiger partial charge in [-0.15, -0.1) is 0 Å². The van der Waals surface area contributed by atoms with E-state index in [0.29, 0.717) is 17.4 Å². The summed E-state index contributed by atoms with van der Waals surface area (Å²) >= 11 is 6.74. The summed E-state index contributed by atoms with van der Waals surface area (Å²) in [6.45, 7) is 0. The Labute approximate surface area is 168 Å². The van der Waals surface area contributed by atoms with Crippen molar-refractivity contribution in [3.63, 3.8) is 0 Å². The second-order valence-electron chi connectivity index (χ2n) is 6.14. The van der Waals surface area contributed by atoms with Gasteiger partial charge < -0.3 is 10.6 Å². The number of benzene rings is 1. The minimum atomic E-state index is -4.54. The fourth-order valence-corrected chi connectivity index (χ4v) is 3.28. The highest BCUT2D eigenvalue weighted by molar-refractivity contribution is 8.00. The molecule has 0 radical (unpaired) electrons. The number of rotatable bonds is 6. The highest BCUT2D eigenvalue weighted by atomic mass is 35.5. The van der Waals surface area contributed by atoms with E-state index in [4.69, 9.17) is 11.6 Å². The summed E-state index contributed by atoms with van der Waals surface area (Å²) in [5.41, 5.74) is -0.252. The molecule has 5 nitrogen and oxygen atoms in total. The Morgan fingerprint density at radius 1 is 1.25 bits per heavy atom. The monoisotopic (exact) mass is 429 g/mol. The van der Waals surface area contributed by atoms with Gasteiger partial charge in [0.25, 0.3) is 5.91 Å². The lowest BCUT2D eigenvalue weighted by atomic mass is 10.1. The minimum absolute atomic E-state index is 0.115. The molecule has 0 spiro atoms. The van der Waals surface area contributed by atoms with E-state index < -0.39 is 17.6 Å². The van der Waals surface area contributed by atoms with Crippen molar-refractivity contribution in [3.05, 3.63) is 52.7 Å². The maximum absolute atomic E-state index is 12.6. The number of halogens is 4. The fraction of sp³-hybridized carbons (Fsp3) is 0.278. The first-order valence-electron chi connectivity index (χ1n) is 8.29. The zero-order chi connectivity index (χ0) is 20.3. The van der Waals surface area contributed by atoms with Crippen LogP contribution < -0.4 is 10.6 Å². The summed E-state index contributed by atoms with van der Waals surface area (Å²) in [6, 6.07) is 7.54. The number of nitrogens with zero attached hydrogens (tertiary/aromatic N) is 1. The first-order chi connectivity index (χ1) is 13.2. The predicted molar refractivity (Wildman–Crippen MR) is 101 cm³/mol. The van der Waals surface area contributed by atoms with Crippen molar-refractivity contribution in [1.29, 1.82) is 0 Å². The molecule has 2 aromatic rings. The molecule has 1 aliphatic carbocycles.